The van der Waals surface area contributed by atoms with Crippen LogP contribution >= 0.6 is 0 Å². The lowest BCUT2D eigenvalue weighted by Crippen LogP contribution is -2.52. The molecule has 2 heterocycles. The van der Waals surface area contributed by atoms with Crippen molar-refractivity contribution in [2.75, 3.05) is 39.8 Å². The number of nitrogens with one attached hydrogen (secondary N) is 2. The molecule has 2 atom stereocenters. The summed E-state index contributed by atoms with van der Waals surface area (Å²) in [6.07, 6.45) is 3.59. The van der Waals surface area contributed by atoms with Crippen LogP contribution in [0.3, 0.4) is 0 Å². The molecule has 0 aromatic heterocycles. The van der Waals surface area contributed by atoms with Crippen LogP contribution in [-0.2, 0) is 30.3 Å². The molecule has 12 nitrogen and oxygen atoms in total. The van der Waals surface area contributed by atoms with Crippen LogP contribution in [0, 0.1) is 11.8 Å². The maximum absolute atomic E-state index is 13.1. The summed E-state index contributed by atoms with van der Waals surface area (Å²) in [5.41, 5.74) is 0.439. The van der Waals surface area contributed by atoms with Gasteiger partial charge in [-0.2, -0.15) is 0 Å². The molecule has 2 aliphatic heterocycles. The quantitative estimate of drug-likeness (QED) is 0.324. The van der Waals surface area contributed by atoms with E-state index < -0.39 is 41.8 Å². The van der Waals surface area contributed by atoms with Crippen LogP contribution in [0.2, 0.25) is 0 Å². The Balaban J connectivity index is 1.43. The number of ether oxygens (including phenoxy) is 2. The molecule has 12 heteroatoms. The van der Waals surface area contributed by atoms with Crippen molar-refractivity contribution >= 4 is 29.8 Å². The second-order valence-electron chi connectivity index (χ2n) is 12.7. The third-order valence-corrected chi connectivity index (χ3v) is 8.06. The van der Waals surface area contributed by atoms with Gasteiger partial charge in [0.1, 0.15) is 17.4 Å². The number of carbonyl (C=O) groups excluding carboxylic acids is 4. The number of nitrogens with zero attached hydrogens (tertiary/aromatic N) is 2. The molecule has 2 fully saturated rings. The number of piperidine rings is 2. The fourth-order valence-corrected chi connectivity index (χ4v) is 5.55. The highest BCUT2D eigenvalue weighted by Gasteiger charge is 2.32. The van der Waals surface area contributed by atoms with Crippen molar-refractivity contribution in [2.45, 2.75) is 83.8 Å². The molecule has 44 heavy (non-hydrogen) atoms. The summed E-state index contributed by atoms with van der Waals surface area (Å²) in [5, 5.41) is 14.7. The van der Waals surface area contributed by atoms with Crippen molar-refractivity contribution in [3.8, 4) is 5.75 Å². The lowest BCUT2D eigenvalue weighted by Gasteiger charge is -2.35. The van der Waals surface area contributed by atoms with E-state index in [-0.39, 0.29) is 25.1 Å². The molecule has 2 saturated heterocycles. The van der Waals surface area contributed by atoms with Crippen molar-refractivity contribution in [2.24, 2.45) is 11.8 Å². The molecule has 3 N–H and O–H groups in total. The fourth-order valence-electron chi connectivity index (χ4n) is 5.55. The summed E-state index contributed by atoms with van der Waals surface area (Å²) in [6, 6.07) is 6.19. The number of rotatable bonds is 12. The van der Waals surface area contributed by atoms with Gasteiger partial charge in [0.05, 0.1) is 19.4 Å². The minimum atomic E-state index is -1.21. The number of carboxylic acids is 1. The Hall–Kier alpha value is -3.83. The van der Waals surface area contributed by atoms with E-state index in [4.69, 9.17) is 9.47 Å². The summed E-state index contributed by atoms with van der Waals surface area (Å²) in [4.78, 5) is 66.2. The molecule has 244 valence electrons. The minimum Gasteiger partial charge on any atom is -0.497 e. The SMILES string of the molecule is COc1ccc(CCNC(=O)[C@H](CC(=O)O)NC(=O)[C@@H]2CCCN(C(=O)CCC3CCN(C(=O)OC(C)(C)C)CC3)C2)cc1. The summed E-state index contributed by atoms with van der Waals surface area (Å²) in [5.74, 6) is -1.66. The zero-order chi connectivity index (χ0) is 32.3. The molecular formula is C32H48N4O8. The lowest BCUT2D eigenvalue weighted by molar-refractivity contribution is -0.141. The predicted octanol–water partition coefficient (Wildman–Crippen LogP) is 2.98. The van der Waals surface area contributed by atoms with Crippen molar-refractivity contribution in [3.63, 3.8) is 0 Å². The van der Waals surface area contributed by atoms with Gasteiger partial charge in [0.25, 0.3) is 0 Å². The number of hydrogen-bond acceptors (Lipinski definition) is 7. The summed E-state index contributed by atoms with van der Waals surface area (Å²) in [6.45, 7) is 7.81. The number of aliphatic carboxylic acids is 1. The highest BCUT2D eigenvalue weighted by molar-refractivity contribution is 5.91. The number of hydrogen-bond donors (Lipinski definition) is 3. The van der Waals surface area contributed by atoms with Crippen LogP contribution < -0.4 is 15.4 Å². The summed E-state index contributed by atoms with van der Waals surface area (Å²) < 4.78 is 10.6. The second-order valence-corrected chi connectivity index (χ2v) is 12.7. The zero-order valence-electron chi connectivity index (χ0n) is 26.4. The Bertz CT molecular complexity index is 1140. The smallest absolute Gasteiger partial charge is 0.410 e. The van der Waals surface area contributed by atoms with Gasteiger partial charge in [-0.05, 0) is 82.9 Å². The van der Waals surface area contributed by atoms with Gasteiger partial charge in [-0.1, -0.05) is 12.1 Å². The van der Waals surface area contributed by atoms with Crippen LogP contribution in [0.5, 0.6) is 5.75 Å². The Labute approximate surface area is 259 Å². The van der Waals surface area contributed by atoms with Gasteiger partial charge in [0.15, 0.2) is 0 Å². The van der Waals surface area contributed by atoms with Crippen molar-refractivity contribution in [3.05, 3.63) is 29.8 Å². The monoisotopic (exact) mass is 616 g/mol. The summed E-state index contributed by atoms with van der Waals surface area (Å²) in [7, 11) is 1.58. The first kappa shape index (κ1) is 34.7. The Morgan fingerprint density at radius 2 is 1.68 bits per heavy atom. The van der Waals surface area contributed by atoms with Crippen LogP contribution in [-0.4, -0.2) is 96.2 Å². The van der Waals surface area contributed by atoms with Gasteiger partial charge < -0.3 is 35.0 Å². The van der Waals surface area contributed by atoms with Gasteiger partial charge in [-0.25, -0.2) is 4.79 Å². The number of carbonyl (C=O) groups is 5. The van der Waals surface area contributed by atoms with Crippen LogP contribution in [0.25, 0.3) is 0 Å². The summed E-state index contributed by atoms with van der Waals surface area (Å²) >= 11 is 0. The molecule has 0 aliphatic carbocycles. The first-order valence-corrected chi connectivity index (χ1v) is 15.5. The third kappa shape index (κ3) is 11.3. The molecule has 0 saturated carbocycles. The molecule has 0 bridgehead atoms. The highest BCUT2D eigenvalue weighted by atomic mass is 16.6. The Morgan fingerprint density at radius 3 is 2.30 bits per heavy atom. The van der Waals surface area contributed by atoms with E-state index in [9.17, 15) is 29.1 Å². The average Bonchev–Trinajstić information content (AvgIpc) is 2.99. The second kappa shape index (κ2) is 16.3. The van der Waals surface area contributed by atoms with Crippen molar-refractivity contribution < 1.29 is 38.6 Å². The number of benzene rings is 1. The number of likely N-dealkylation sites (tertiary alicyclic amines) is 2. The topological polar surface area (TPSA) is 155 Å². The average molecular weight is 617 g/mol. The lowest BCUT2D eigenvalue weighted by atomic mass is 9.91. The Kier molecular flexibility index (Phi) is 12.8. The number of carboxylic acid groups (broad SMARTS) is 1. The van der Waals surface area contributed by atoms with Gasteiger partial charge >= 0.3 is 12.1 Å². The molecule has 3 rings (SSSR count). The molecule has 1 aromatic rings. The molecule has 1 aromatic carbocycles. The zero-order valence-corrected chi connectivity index (χ0v) is 26.4. The molecule has 0 radical (unpaired) electrons. The Morgan fingerprint density at radius 1 is 1.00 bits per heavy atom. The third-order valence-electron chi connectivity index (χ3n) is 8.06. The largest absolute Gasteiger partial charge is 0.497 e. The van der Waals surface area contributed by atoms with Gasteiger partial charge in [0.2, 0.25) is 17.7 Å². The van der Waals surface area contributed by atoms with E-state index in [0.29, 0.717) is 57.7 Å². The van der Waals surface area contributed by atoms with E-state index in [1.807, 2.05) is 45.0 Å². The molecular weight excluding hydrogens is 568 g/mol. The van der Waals surface area contributed by atoms with Crippen molar-refractivity contribution in [1.82, 2.24) is 20.4 Å². The van der Waals surface area contributed by atoms with E-state index in [2.05, 4.69) is 10.6 Å². The van der Waals surface area contributed by atoms with E-state index in [0.717, 1.165) is 24.2 Å². The number of methoxy groups -OCH3 is 1. The molecule has 4 amide bonds. The van der Waals surface area contributed by atoms with Gasteiger partial charge in [-0.3, -0.25) is 19.2 Å². The van der Waals surface area contributed by atoms with E-state index >= 15 is 0 Å². The predicted molar refractivity (Wildman–Crippen MR) is 163 cm³/mol. The van der Waals surface area contributed by atoms with E-state index in [1.165, 1.54) is 0 Å². The minimum absolute atomic E-state index is 0.0181. The first-order valence-electron chi connectivity index (χ1n) is 15.5. The number of amides is 4. The maximum atomic E-state index is 13.1. The standard InChI is InChI=1S/C32H48N4O8/c1-32(2,3)44-31(42)35-18-14-23(15-19-35)9-12-27(37)36-17-5-6-24(21-36)29(40)34-26(20-28(38)39)30(41)33-16-13-22-7-10-25(43-4)11-8-22/h7-8,10-11,23-24,26H,5-6,9,12-21H2,1-4H3,(H,33,41)(H,34,40)(H,38,39)/t24-,26+/m1/s1. The van der Waals surface area contributed by atoms with Crippen molar-refractivity contribution in [1.29, 1.82) is 0 Å². The van der Waals surface area contributed by atoms with Gasteiger partial charge in [0, 0.05) is 39.1 Å². The van der Waals surface area contributed by atoms with Crippen LogP contribution in [0.15, 0.2) is 24.3 Å². The van der Waals surface area contributed by atoms with E-state index in [1.54, 1.807) is 16.9 Å². The maximum Gasteiger partial charge on any atom is 0.410 e. The molecule has 0 spiro atoms. The first-order chi connectivity index (χ1) is 20.8. The fraction of sp³-hybridized carbons (Fsp3) is 0.656. The molecule has 0 unspecified atom stereocenters. The molecule has 2 aliphatic rings. The van der Waals surface area contributed by atoms with Crippen LogP contribution in [0.1, 0.15) is 71.3 Å². The van der Waals surface area contributed by atoms with Gasteiger partial charge in [-0.15, -0.1) is 0 Å². The normalized spacial score (nSPS) is 18.2. The van der Waals surface area contributed by atoms with Crippen LogP contribution in [0.4, 0.5) is 4.79 Å². The highest BCUT2D eigenvalue weighted by Crippen LogP contribution is 2.25.